The summed E-state index contributed by atoms with van der Waals surface area (Å²) in [5, 5.41) is 11.8. The molecule has 5 rings (SSSR count). The molecule has 0 radical (unpaired) electrons. The van der Waals surface area contributed by atoms with Crippen molar-refractivity contribution in [2.75, 3.05) is 0 Å². The molecule has 1 unspecified atom stereocenters. The molecule has 7 nitrogen and oxygen atoms in total. The number of ether oxygens (including phenoxy) is 1. The summed E-state index contributed by atoms with van der Waals surface area (Å²) in [6.45, 7) is 8.85. The molecule has 0 saturated carbocycles. The van der Waals surface area contributed by atoms with Crippen molar-refractivity contribution < 1.29 is 13.9 Å². The van der Waals surface area contributed by atoms with Crippen molar-refractivity contribution in [1.82, 2.24) is 20.1 Å². The minimum absolute atomic E-state index is 0.112. The number of unbranched alkanes of at least 4 members (excludes halogenated alkanes) is 3. The van der Waals surface area contributed by atoms with Gasteiger partial charge in [-0.2, -0.15) is 0 Å². The summed E-state index contributed by atoms with van der Waals surface area (Å²) in [5.74, 6) is 0.749. The molecule has 1 amide bonds. The van der Waals surface area contributed by atoms with Gasteiger partial charge in [-0.05, 0) is 0 Å². The zero-order chi connectivity index (χ0) is 32.5. The number of rotatable bonds is 14. The number of carbonyl (C=O) groups is 1. The van der Waals surface area contributed by atoms with Crippen molar-refractivity contribution >= 4 is 33.8 Å². The second-order valence-corrected chi connectivity index (χ2v) is 25.6. The molecule has 4 aromatic rings. The van der Waals surface area contributed by atoms with Gasteiger partial charge in [-0.1, -0.05) is 18.2 Å². The van der Waals surface area contributed by atoms with Gasteiger partial charge in [-0.25, -0.2) is 0 Å². The van der Waals surface area contributed by atoms with Crippen molar-refractivity contribution in [3.05, 3.63) is 107 Å². The van der Waals surface area contributed by atoms with Crippen LogP contribution in [0.1, 0.15) is 93.8 Å². The van der Waals surface area contributed by atoms with Crippen LogP contribution in [0.4, 0.5) is 9.18 Å². The molecule has 1 aliphatic rings. The van der Waals surface area contributed by atoms with E-state index in [1.807, 2.05) is 47.9 Å². The van der Waals surface area contributed by atoms with Gasteiger partial charge in [0.25, 0.3) is 0 Å². The molecule has 3 aromatic carbocycles. The number of alkyl carbamates (subject to hydrolysis) is 1. The van der Waals surface area contributed by atoms with Gasteiger partial charge in [0.2, 0.25) is 0 Å². The van der Waals surface area contributed by atoms with Crippen LogP contribution in [-0.4, -0.2) is 44.9 Å². The van der Waals surface area contributed by atoms with E-state index in [-0.39, 0.29) is 12.4 Å². The van der Waals surface area contributed by atoms with E-state index in [0.29, 0.717) is 22.9 Å². The van der Waals surface area contributed by atoms with E-state index < -0.39 is 30.6 Å². The molecule has 46 heavy (non-hydrogen) atoms. The summed E-state index contributed by atoms with van der Waals surface area (Å²) in [4.78, 5) is 18.2. The van der Waals surface area contributed by atoms with Crippen molar-refractivity contribution in [2.24, 2.45) is 4.99 Å². The van der Waals surface area contributed by atoms with Gasteiger partial charge in [0.1, 0.15) is 0 Å². The third-order valence-electron chi connectivity index (χ3n) is 9.08. The van der Waals surface area contributed by atoms with E-state index in [9.17, 15) is 4.79 Å². The van der Waals surface area contributed by atoms with Crippen LogP contribution in [0.5, 0.6) is 0 Å². The summed E-state index contributed by atoms with van der Waals surface area (Å²) in [5.41, 5.74) is 3.44. The van der Waals surface area contributed by atoms with Gasteiger partial charge in [0.05, 0.1) is 0 Å². The number of aliphatic imine (C=N–C) groups is 1. The Balaban J connectivity index is 1.65. The van der Waals surface area contributed by atoms with Crippen molar-refractivity contribution in [3.63, 3.8) is 0 Å². The third-order valence-corrected chi connectivity index (χ3v) is 24.7. The molecular weight excluding hydrogens is 684 g/mol. The Bertz CT molecular complexity index is 1630. The third kappa shape index (κ3) is 7.53. The van der Waals surface area contributed by atoms with Crippen LogP contribution < -0.4 is 8.90 Å². The van der Waals surface area contributed by atoms with E-state index in [1.165, 1.54) is 61.5 Å². The average molecular weight is 731 g/mol. The number of nitrogens with one attached hydrogen (secondary N) is 1. The van der Waals surface area contributed by atoms with Crippen LogP contribution in [0.25, 0.3) is 5.69 Å². The van der Waals surface area contributed by atoms with Crippen LogP contribution >= 0.6 is 0 Å². The van der Waals surface area contributed by atoms with Gasteiger partial charge >= 0.3 is 260 Å². The monoisotopic (exact) mass is 731 g/mol. The Morgan fingerprint density at radius 3 is 2.17 bits per heavy atom. The molecule has 1 atom stereocenters. The normalized spacial score (nSPS) is 14.2. The molecule has 0 aliphatic carbocycles. The number of fused-ring (bicyclic) bond motifs is 3. The summed E-state index contributed by atoms with van der Waals surface area (Å²) < 4.78 is 28.6. The number of hydrogen-bond donors (Lipinski definition) is 1. The van der Waals surface area contributed by atoms with Gasteiger partial charge in [0.15, 0.2) is 0 Å². The number of carbonyl (C=O) groups excluding carboxylic acids is 1. The fourth-order valence-electron chi connectivity index (χ4n) is 6.56. The van der Waals surface area contributed by atoms with Crippen molar-refractivity contribution in [1.29, 1.82) is 0 Å². The predicted molar refractivity (Wildman–Crippen MR) is 185 cm³/mol. The van der Waals surface area contributed by atoms with Gasteiger partial charge in [-0.3, -0.25) is 0 Å². The Labute approximate surface area is 276 Å². The topological polar surface area (TPSA) is 81.4 Å². The van der Waals surface area contributed by atoms with E-state index in [1.54, 1.807) is 12.1 Å². The summed E-state index contributed by atoms with van der Waals surface area (Å²) in [6, 6.07) is 23.0. The van der Waals surface area contributed by atoms with Crippen LogP contribution in [0.3, 0.4) is 0 Å². The standard InChI is InChI=1S/C25H19FN5O2.3C4H9.Sn/c1-16-29-30-24-23(28-25(32)33-15-17-9-3-2-4-10-17)27-22(18-11-5-7-13-20(18)26)19-12-6-8-14-21(19)31(16)24;3*1-3-4-2;/h2-5,7-14,23H,15H2,1H3,(H,28,32);3*1,3-4H2,2H3;. The Hall–Kier alpha value is -3.53. The molecule has 9 heteroatoms. The number of halogens is 1. The molecule has 242 valence electrons. The zero-order valence-electron chi connectivity index (χ0n) is 27.6. The number of nitrogens with zero attached hydrogens (tertiary/aromatic N) is 4. The summed E-state index contributed by atoms with van der Waals surface area (Å²) >= 11 is -2.89. The van der Waals surface area contributed by atoms with Crippen molar-refractivity contribution in [3.8, 4) is 5.69 Å². The zero-order valence-corrected chi connectivity index (χ0v) is 30.4. The fourth-order valence-corrected chi connectivity index (χ4v) is 22.5. The maximum atomic E-state index is 15.7. The van der Waals surface area contributed by atoms with E-state index in [0.717, 1.165) is 16.8 Å². The Morgan fingerprint density at radius 2 is 1.52 bits per heavy atom. The quantitative estimate of drug-likeness (QED) is 0.132. The average Bonchev–Trinajstić information content (AvgIpc) is 3.40. The van der Waals surface area contributed by atoms with Crippen LogP contribution in [0.15, 0.2) is 77.8 Å². The van der Waals surface area contributed by atoms with Gasteiger partial charge < -0.3 is 0 Å². The first-order valence-corrected chi connectivity index (χ1v) is 24.3. The Kier molecular flexibility index (Phi) is 11.6. The second-order valence-electron chi connectivity index (χ2n) is 12.3. The molecule has 1 N–H and O–H groups in total. The van der Waals surface area contributed by atoms with Crippen LogP contribution in [-0.2, 0) is 11.3 Å². The van der Waals surface area contributed by atoms with E-state index >= 15 is 4.39 Å². The number of amides is 1. The predicted octanol–water partition coefficient (Wildman–Crippen LogP) is 8.55. The molecule has 1 aliphatic heterocycles. The van der Waals surface area contributed by atoms with E-state index in [2.05, 4.69) is 54.5 Å². The number of aryl methyl sites for hydroxylation is 1. The molecule has 2 heterocycles. The van der Waals surface area contributed by atoms with Gasteiger partial charge in [0, 0.05) is 0 Å². The summed E-state index contributed by atoms with van der Waals surface area (Å²) in [6.07, 6.45) is 5.67. The second kappa shape index (κ2) is 15.8. The molecule has 0 saturated heterocycles. The minimum atomic E-state index is -2.89. The molecule has 0 spiro atoms. The number of aromatic nitrogens is 3. The summed E-state index contributed by atoms with van der Waals surface area (Å²) in [7, 11) is 0. The molecular formula is C37H46FN5O2Sn. The SMILES string of the molecule is CCC[CH2][Sn]([CH2]CCC)([CH2]CCC)[c]1ccc2c(c1)C(c1ccccc1F)=NC(NC(=O)OCc1ccccc1)c1nnc(C)n1-2. The Morgan fingerprint density at radius 1 is 0.870 bits per heavy atom. The molecule has 0 fully saturated rings. The fraction of sp³-hybridized carbons (Fsp3) is 0.405. The molecule has 1 aromatic heterocycles. The number of benzene rings is 3. The number of hydrogen-bond acceptors (Lipinski definition) is 5. The van der Waals surface area contributed by atoms with Crippen molar-refractivity contribution in [2.45, 2.75) is 92.3 Å². The first-order chi connectivity index (χ1) is 22.4. The van der Waals surface area contributed by atoms with Gasteiger partial charge in [-0.15, -0.1) is 0 Å². The molecule has 0 bridgehead atoms. The van der Waals surface area contributed by atoms with Crippen LogP contribution in [0.2, 0.25) is 13.3 Å². The van der Waals surface area contributed by atoms with Crippen LogP contribution in [0, 0.1) is 12.7 Å². The maximum absolute atomic E-state index is 15.7. The first kappa shape index (κ1) is 33.8. The van der Waals surface area contributed by atoms with E-state index in [4.69, 9.17) is 9.73 Å². The first-order valence-electron chi connectivity index (χ1n) is 16.8.